The minimum atomic E-state index is 0.0286. The van der Waals surface area contributed by atoms with Crippen LogP contribution in [-0.4, -0.2) is 33.9 Å². The quantitative estimate of drug-likeness (QED) is 0.881. The zero-order chi connectivity index (χ0) is 16.1. The largest absolute Gasteiger partial charge is 0.339 e. The van der Waals surface area contributed by atoms with Crippen molar-refractivity contribution in [1.82, 2.24) is 14.9 Å². The second-order valence-corrected chi connectivity index (χ2v) is 6.55. The van der Waals surface area contributed by atoms with Crippen LogP contribution in [0.25, 0.3) is 0 Å². The highest BCUT2D eigenvalue weighted by atomic mass is 79.9. The first-order valence-electron chi connectivity index (χ1n) is 7.86. The Labute approximate surface area is 144 Å². The molecule has 1 saturated heterocycles. The third kappa shape index (κ3) is 4.28. The smallest absolute Gasteiger partial charge is 0.256 e. The summed E-state index contributed by atoms with van der Waals surface area (Å²) in [6, 6.07) is 7.77. The fraction of sp³-hybridized carbons (Fsp3) is 0.353. The molecule has 23 heavy (non-hydrogen) atoms. The van der Waals surface area contributed by atoms with Crippen LogP contribution in [0.15, 0.2) is 41.1 Å². The molecule has 0 spiro atoms. The summed E-state index contributed by atoms with van der Waals surface area (Å²) >= 11 is 3.43. The Morgan fingerprint density at radius 1 is 1.09 bits per heavy atom. The first-order chi connectivity index (χ1) is 11.2. The van der Waals surface area contributed by atoms with Crippen LogP contribution in [0.1, 0.15) is 36.0 Å². The van der Waals surface area contributed by atoms with E-state index in [9.17, 15) is 4.79 Å². The maximum Gasteiger partial charge on any atom is 0.256 e. The predicted octanol–water partition coefficient (Wildman–Crippen LogP) is 4.00. The number of benzene rings is 1. The molecule has 0 radical (unpaired) electrons. The van der Waals surface area contributed by atoms with Crippen LogP contribution in [0.2, 0.25) is 0 Å². The van der Waals surface area contributed by atoms with E-state index in [0.29, 0.717) is 11.5 Å². The van der Waals surface area contributed by atoms with E-state index in [1.807, 2.05) is 29.2 Å². The van der Waals surface area contributed by atoms with E-state index in [1.54, 1.807) is 12.4 Å². The van der Waals surface area contributed by atoms with Gasteiger partial charge in [-0.25, -0.2) is 9.97 Å². The van der Waals surface area contributed by atoms with E-state index in [1.165, 1.54) is 12.8 Å². The molecule has 6 heteroatoms. The minimum Gasteiger partial charge on any atom is -0.339 e. The molecule has 5 nitrogen and oxygen atoms in total. The summed E-state index contributed by atoms with van der Waals surface area (Å²) in [4.78, 5) is 22.9. The lowest BCUT2D eigenvalue weighted by atomic mass is 10.2. The molecule has 0 saturated carbocycles. The number of carbonyl (C=O) groups is 1. The Hall–Kier alpha value is -1.95. The van der Waals surface area contributed by atoms with Crippen molar-refractivity contribution in [2.45, 2.75) is 25.7 Å². The summed E-state index contributed by atoms with van der Waals surface area (Å²) in [5.41, 5.74) is 1.44. The van der Waals surface area contributed by atoms with Gasteiger partial charge in [-0.3, -0.25) is 4.79 Å². The molecule has 1 fully saturated rings. The van der Waals surface area contributed by atoms with Crippen molar-refractivity contribution in [3.05, 3.63) is 46.7 Å². The molecule has 1 aromatic carbocycles. The van der Waals surface area contributed by atoms with E-state index in [4.69, 9.17) is 0 Å². The number of rotatable bonds is 3. The van der Waals surface area contributed by atoms with Gasteiger partial charge in [0.05, 0.1) is 5.56 Å². The van der Waals surface area contributed by atoms with Crippen LogP contribution in [0.3, 0.4) is 0 Å². The molecule has 120 valence electrons. The zero-order valence-electron chi connectivity index (χ0n) is 12.8. The number of anilines is 2. The highest BCUT2D eigenvalue weighted by molar-refractivity contribution is 9.10. The Kier molecular flexibility index (Phi) is 5.23. The topological polar surface area (TPSA) is 58.1 Å². The molecule has 1 aliphatic heterocycles. The number of nitrogens with zero attached hydrogens (tertiary/aromatic N) is 3. The third-order valence-electron chi connectivity index (χ3n) is 3.87. The highest BCUT2D eigenvalue weighted by Gasteiger charge is 2.17. The Bertz CT molecular complexity index is 667. The number of hydrogen-bond donors (Lipinski definition) is 1. The number of halogens is 1. The van der Waals surface area contributed by atoms with E-state index < -0.39 is 0 Å². The molecular formula is C17H19BrN4O. The molecule has 1 amide bonds. The molecular weight excluding hydrogens is 356 g/mol. The minimum absolute atomic E-state index is 0.0286. The van der Waals surface area contributed by atoms with Crippen LogP contribution >= 0.6 is 15.9 Å². The Balaban J connectivity index is 1.67. The van der Waals surface area contributed by atoms with Crippen molar-refractivity contribution < 1.29 is 4.79 Å². The fourth-order valence-corrected chi connectivity index (χ4v) is 3.05. The first-order valence-corrected chi connectivity index (χ1v) is 8.65. The maximum absolute atomic E-state index is 12.5. The van der Waals surface area contributed by atoms with Gasteiger partial charge in [0.1, 0.15) is 0 Å². The van der Waals surface area contributed by atoms with Crippen LogP contribution < -0.4 is 5.32 Å². The van der Waals surface area contributed by atoms with Crippen LogP contribution in [0.4, 0.5) is 11.6 Å². The number of nitrogens with one attached hydrogen (secondary N) is 1. The molecule has 1 aromatic heterocycles. The van der Waals surface area contributed by atoms with Crippen LogP contribution in [0.5, 0.6) is 0 Å². The maximum atomic E-state index is 12.5. The lowest BCUT2D eigenvalue weighted by Gasteiger charge is -2.19. The van der Waals surface area contributed by atoms with Crippen LogP contribution in [-0.2, 0) is 0 Å². The second-order valence-electron chi connectivity index (χ2n) is 5.64. The van der Waals surface area contributed by atoms with Gasteiger partial charge in [0.2, 0.25) is 5.95 Å². The average Bonchev–Trinajstić information content (AvgIpc) is 2.84. The van der Waals surface area contributed by atoms with Crippen molar-refractivity contribution in [3.8, 4) is 0 Å². The number of aromatic nitrogens is 2. The summed E-state index contributed by atoms with van der Waals surface area (Å²) < 4.78 is 0.982. The van der Waals surface area contributed by atoms with Crippen molar-refractivity contribution in [1.29, 1.82) is 0 Å². The predicted molar refractivity (Wildman–Crippen MR) is 93.8 cm³/mol. The molecule has 0 atom stereocenters. The summed E-state index contributed by atoms with van der Waals surface area (Å²) in [6.07, 6.45) is 7.76. The van der Waals surface area contributed by atoms with E-state index in [0.717, 1.165) is 36.1 Å². The molecule has 2 aromatic rings. The molecule has 3 rings (SSSR count). The average molecular weight is 375 g/mol. The van der Waals surface area contributed by atoms with Gasteiger partial charge in [0, 0.05) is 35.6 Å². The van der Waals surface area contributed by atoms with Crippen molar-refractivity contribution in [2.75, 3.05) is 18.4 Å². The number of carbonyl (C=O) groups excluding carboxylic acids is 1. The van der Waals surface area contributed by atoms with Gasteiger partial charge < -0.3 is 10.2 Å². The monoisotopic (exact) mass is 374 g/mol. The van der Waals surface area contributed by atoms with Gasteiger partial charge in [0.25, 0.3) is 5.91 Å². The summed E-state index contributed by atoms with van der Waals surface area (Å²) in [7, 11) is 0. The normalized spacial score (nSPS) is 15.1. The molecule has 0 bridgehead atoms. The Morgan fingerprint density at radius 2 is 1.78 bits per heavy atom. The molecule has 1 N–H and O–H groups in total. The van der Waals surface area contributed by atoms with Gasteiger partial charge in [0.15, 0.2) is 0 Å². The molecule has 2 heterocycles. The molecule has 0 aliphatic carbocycles. The SMILES string of the molecule is O=C(c1cnc(Nc2cccc(Br)c2)nc1)N1CCCCCC1. The van der Waals surface area contributed by atoms with E-state index >= 15 is 0 Å². The molecule has 0 unspecified atom stereocenters. The van der Waals surface area contributed by atoms with E-state index in [-0.39, 0.29) is 5.91 Å². The third-order valence-corrected chi connectivity index (χ3v) is 4.37. The van der Waals surface area contributed by atoms with E-state index in [2.05, 4.69) is 31.2 Å². The lowest BCUT2D eigenvalue weighted by molar-refractivity contribution is 0.0761. The lowest BCUT2D eigenvalue weighted by Crippen LogP contribution is -2.32. The van der Waals surface area contributed by atoms with Crippen LogP contribution in [0, 0.1) is 0 Å². The van der Waals surface area contributed by atoms with Gasteiger partial charge >= 0.3 is 0 Å². The van der Waals surface area contributed by atoms with Crippen molar-refractivity contribution in [2.24, 2.45) is 0 Å². The number of likely N-dealkylation sites (tertiary alicyclic amines) is 1. The van der Waals surface area contributed by atoms with Gasteiger partial charge in [-0.15, -0.1) is 0 Å². The summed E-state index contributed by atoms with van der Waals surface area (Å²) in [5, 5.41) is 3.12. The summed E-state index contributed by atoms with van der Waals surface area (Å²) in [6.45, 7) is 1.66. The van der Waals surface area contributed by atoms with Crippen molar-refractivity contribution >= 4 is 33.5 Å². The summed E-state index contributed by atoms with van der Waals surface area (Å²) in [5.74, 6) is 0.511. The fourth-order valence-electron chi connectivity index (χ4n) is 2.65. The van der Waals surface area contributed by atoms with Gasteiger partial charge in [-0.1, -0.05) is 34.8 Å². The van der Waals surface area contributed by atoms with Gasteiger partial charge in [-0.2, -0.15) is 0 Å². The zero-order valence-corrected chi connectivity index (χ0v) is 14.4. The first kappa shape index (κ1) is 15.9. The van der Waals surface area contributed by atoms with Gasteiger partial charge in [-0.05, 0) is 31.0 Å². The second kappa shape index (κ2) is 7.55. The van der Waals surface area contributed by atoms with Crippen molar-refractivity contribution in [3.63, 3.8) is 0 Å². The molecule has 1 aliphatic rings. The highest BCUT2D eigenvalue weighted by Crippen LogP contribution is 2.18. The Morgan fingerprint density at radius 3 is 2.43 bits per heavy atom. The standard InChI is InChI=1S/C17H19BrN4O/c18-14-6-5-7-15(10-14)21-17-19-11-13(12-20-17)16(23)22-8-3-1-2-4-9-22/h5-7,10-12H,1-4,8-9H2,(H,19,20,21). The number of hydrogen-bond acceptors (Lipinski definition) is 4. The number of amides is 1.